The number of allylic oxidation sites excluding steroid dienone is 1. The number of benzene rings is 1. The summed E-state index contributed by atoms with van der Waals surface area (Å²) >= 11 is 6.30. The van der Waals surface area contributed by atoms with E-state index < -0.39 is 11.5 Å². The van der Waals surface area contributed by atoms with Gasteiger partial charge in [0.1, 0.15) is 0 Å². The molecule has 1 spiro atoms. The number of rotatable bonds is 3. The molecule has 2 N–H and O–H groups in total. The largest absolute Gasteiger partial charge is 0.466 e. The molecule has 0 aromatic heterocycles. The number of hydrogen-bond donors (Lipinski definition) is 2. The van der Waals surface area contributed by atoms with Crippen molar-refractivity contribution in [3.05, 3.63) is 52.2 Å². The van der Waals surface area contributed by atoms with Crippen LogP contribution >= 0.6 is 11.6 Å². The maximum Gasteiger partial charge on any atom is 0.335 e. The van der Waals surface area contributed by atoms with Crippen molar-refractivity contribution in [1.82, 2.24) is 4.90 Å². The zero-order valence-electron chi connectivity index (χ0n) is 15.0. The molecular weight excluding hydrogens is 352 g/mol. The van der Waals surface area contributed by atoms with E-state index in [1.807, 2.05) is 31.2 Å². The molecule has 3 aliphatic rings. The fraction of sp³-hybridized carbons (Fsp3) is 0.450. The van der Waals surface area contributed by atoms with Gasteiger partial charge in [-0.3, -0.25) is 4.90 Å². The minimum absolute atomic E-state index is 0.129. The first-order valence-corrected chi connectivity index (χ1v) is 9.32. The van der Waals surface area contributed by atoms with Crippen molar-refractivity contribution in [3.8, 4) is 0 Å². The lowest BCUT2D eigenvalue weighted by Gasteiger charge is -2.43. The molecule has 0 radical (unpaired) electrons. The Morgan fingerprint density at radius 3 is 3.00 bits per heavy atom. The van der Waals surface area contributed by atoms with Gasteiger partial charge in [0.15, 0.2) is 0 Å². The number of fused-ring (bicyclic) bond motifs is 1. The number of methoxy groups -OCH3 is 1. The summed E-state index contributed by atoms with van der Waals surface area (Å²) in [5.74, 6) is -0.373. The number of halogens is 1. The summed E-state index contributed by atoms with van der Waals surface area (Å²) in [4.78, 5) is 14.7. The Kier molecular flexibility index (Phi) is 4.34. The average molecular weight is 375 g/mol. The van der Waals surface area contributed by atoms with Crippen LogP contribution < -0.4 is 5.32 Å². The molecule has 1 saturated heterocycles. The normalized spacial score (nSPS) is 30.5. The molecule has 4 rings (SSSR count). The minimum Gasteiger partial charge on any atom is -0.466 e. The zero-order chi connectivity index (χ0) is 18.5. The monoisotopic (exact) mass is 374 g/mol. The van der Waals surface area contributed by atoms with Gasteiger partial charge < -0.3 is 15.2 Å². The third-order valence-corrected chi connectivity index (χ3v) is 6.32. The first-order chi connectivity index (χ1) is 12.5. The van der Waals surface area contributed by atoms with E-state index in [2.05, 4.69) is 16.3 Å². The second-order valence-corrected chi connectivity index (χ2v) is 7.64. The summed E-state index contributed by atoms with van der Waals surface area (Å²) in [7, 11) is 1.38. The molecule has 0 unspecified atom stereocenters. The van der Waals surface area contributed by atoms with Crippen molar-refractivity contribution < 1.29 is 14.6 Å². The molecular formula is C20H23ClN2O3. The number of carbonyl (C=O) groups is 1. The molecule has 0 saturated carbocycles. The molecule has 6 heteroatoms. The molecule has 2 heterocycles. The van der Waals surface area contributed by atoms with Crippen LogP contribution in [0.2, 0.25) is 0 Å². The van der Waals surface area contributed by atoms with Crippen molar-refractivity contribution in [2.75, 3.05) is 25.5 Å². The van der Waals surface area contributed by atoms with Crippen molar-refractivity contribution in [1.29, 1.82) is 0 Å². The summed E-state index contributed by atoms with van der Waals surface area (Å²) in [6, 6.07) is 7.98. The van der Waals surface area contributed by atoms with Gasteiger partial charge >= 0.3 is 5.97 Å². The van der Waals surface area contributed by atoms with E-state index in [1.165, 1.54) is 7.11 Å². The lowest BCUT2D eigenvalue weighted by atomic mass is 9.66. The maximum atomic E-state index is 12.4. The Balaban J connectivity index is 1.89. The van der Waals surface area contributed by atoms with E-state index in [0.29, 0.717) is 12.1 Å². The summed E-state index contributed by atoms with van der Waals surface area (Å²) in [5, 5.41) is 15.3. The van der Waals surface area contributed by atoms with Crippen LogP contribution in [0.15, 0.2) is 46.6 Å². The second kappa shape index (κ2) is 6.41. The van der Waals surface area contributed by atoms with Gasteiger partial charge in [-0.15, -0.1) is 0 Å². The highest BCUT2D eigenvalue weighted by Gasteiger charge is 2.60. The third kappa shape index (κ3) is 2.34. The molecule has 3 atom stereocenters. The first kappa shape index (κ1) is 17.6. The smallest absolute Gasteiger partial charge is 0.335 e. The van der Waals surface area contributed by atoms with Gasteiger partial charge in [0.2, 0.25) is 0 Å². The number of para-hydroxylation sites is 1. The van der Waals surface area contributed by atoms with Gasteiger partial charge in [-0.05, 0) is 25.0 Å². The number of aliphatic hydroxyl groups is 1. The lowest BCUT2D eigenvalue weighted by molar-refractivity contribution is -0.137. The summed E-state index contributed by atoms with van der Waals surface area (Å²) in [6.45, 7) is 3.32. The highest BCUT2D eigenvalue weighted by molar-refractivity contribution is 6.29. The molecule has 1 aliphatic carbocycles. The van der Waals surface area contributed by atoms with E-state index in [-0.39, 0.29) is 18.4 Å². The van der Waals surface area contributed by atoms with Crippen LogP contribution in [0.4, 0.5) is 5.69 Å². The number of nitrogens with zero attached hydrogens (tertiary/aromatic N) is 1. The molecule has 5 nitrogen and oxygen atoms in total. The number of carbonyl (C=O) groups excluding carboxylic acids is 1. The SMILES string of the molecule is C/C=C(\Cl)CN1CC[C@]23C(=C(C(=O)OC)C[C@@H](O)[C@H]12)Nc1ccccc13. The van der Waals surface area contributed by atoms with Crippen LogP contribution in [0.3, 0.4) is 0 Å². The summed E-state index contributed by atoms with van der Waals surface area (Å²) < 4.78 is 5.01. The van der Waals surface area contributed by atoms with Gasteiger partial charge in [-0.1, -0.05) is 35.9 Å². The molecule has 0 amide bonds. The maximum absolute atomic E-state index is 12.4. The Labute approximate surface area is 158 Å². The minimum atomic E-state index is -0.662. The summed E-state index contributed by atoms with van der Waals surface area (Å²) in [5.41, 5.74) is 3.15. The highest BCUT2D eigenvalue weighted by Crippen LogP contribution is 2.57. The number of hydrogen-bond acceptors (Lipinski definition) is 5. The van der Waals surface area contributed by atoms with Gasteiger partial charge in [-0.2, -0.15) is 0 Å². The van der Waals surface area contributed by atoms with Crippen LogP contribution in [0.25, 0.3) is 0 Å². The molecule has 1 fully saturated rings. The van der Waals surface area contributed by atoms with Crippen LogP contribution in [0.1, 0.15) is 25.3 Å². The van der Waals surface area contributed by atoms with Gasteiger partial charge in [0, 0.05) is 35.9 Å². The molecule has 138 valence electrons. The quantitative estimate of drug-likeness (QED) is 0.796. The molecule has 0 bridgehead atoms. The molecule has 26 heavy (non-hydrogen) atoms. The van der Waals surface area contributed by atoms with Gasteiger partial charge in [0.05, 0.1) is 30.2 Å². The van der Waals surface area contributed by atoms with E-state index in [9.17, 15) is 9.90 Å². The third-order valence-electron chi connectivity index (χ3n) is 5.98. The van der Waals surface area contributed by atoms with E-state index in [1.54, 1.807) is 0 Å². The van der Waals surface area contributed by atoms with Crippen molar-refractivity contribution in [3.63, 3.8) is 0 Å². The topological polar surface area (TPSA) is 61.8 Å². The molecule has 2 aliphatic heterocycles. The highest BCUT2D eigenvalue weighted by atomic mass is 35.5. The number of esters is 1. The predicted octanol–water partition coefficient (Wildman–Crippen LogP) is 2.76. The standard InChI is InChI=1S/C20H23ClN2O3/c1-3-12(21)11-23-9-8-20-14-6-4-5-7-15(14)22-17(20)13(19(25)26-2)10-16(24)18(20)23/h3-7,16,18,22,24H,8-11H2,1-2H3/b12-3-/t16-,18+,20+/m1/s1. The number of ether oxygens (including phenoxy) is 1. The number of aliphatic hydroxyl groups excluding tert-OH is 1. The van der Waals surface area contributed by atoms with Gasteiger partial charge in [0.25, 0.3) is 0 Å². The first-order valence-electron chi connectivity index (χ1n) is 8.94. The van der Waals surface area contributed by atoms with Crippen LogP contribution in [0.5, 0.6) is 0 Å². The van der Waals surface area contributed by atoms with Crippen LogP contribution in [-0.4, -0.2) is 48.3 Å². The van der Waals surface area contributed by atoms with Crippen molar-refractivity contribution >= 4 is 23.3 Å². The van der Waals surface area contributed by atoms with Crippen molar-refractivity contribution in [2.24, 2.45) is 0 Å². The molecule has 1 aromatic carbocycles. The Morgan fingerprint density at radius 2 is 2.27 bits per heavy atom. The van der Waals surface area contributed by atoms with E-state index in [4.69, 9.17) is 16.3 Å². The Morgan fingerprint density at radius 1 is 1.50 bits per heavy atom. The Bertz CT molecular complexity index is 819. The fourth-order valence-electron chi connectivity index (χ4n) is 4.96. The van der Waals surface area contributed by atoms with E-state index in [0.717, 1.165) is 34.9 Å². The van der Waals surface area contributed by atoms with E-state index >= 15 is 0 Å². The zero-order valence-corrected chi connectivity index (χ0v) is 15.7. The summed E-state index contributed by atoms with van der Waals surface area (Å²) in [6.07, 6.45) is 2.32. The van der Waals surface area contributed by atoms with Crippen molar-refractivity contribution in [2.45, 2.75) is 37.3 Å². The number of nitrogens with one attached hydrogen (secondary N) is 1. The lowest BCUT2D eigenvalue weighted by Crippen LogP contribution is -2.54. The number of likely N-dealkylation sites (tertiary alicyclic amines) is 1. The van der Waals surface area contributed by atoms with Gasteiger partial charge in [-0.25, -0.2) is 4.79 Å². The Hall–Kier alpha value is -1.82. The fourth-order valence-corrected chi connectivity index (χ4v) is 5.11. The number of anilines is 1. The molecule has 1 aromatic rings. The van der Waals surface area contributed by atoms with Crippen LogP contribution in [0, 0.1) is 0 Å². The van der Waals surface area contributed by atoms with Crippen LogP contribution in [-0.2, 0) is 14.9 Å². The average Bonchev–Trinajstić information content (AvgIpc) is 3.19. The second-order valence-electron chi connectivity index (χ2n) is 7.16. The predicted molar refractivity (Wildman–Crippen MR) is 101 cm³/mol.